The van der Waals surface area contributed by atoms with Crippen molar-refractivity contribution in [2.45, 2.75) is 19.3 Å². The molecule has 0 aliphatic heterocycles. The van der Waals surface area contributed by atoms with Gasteiger partial charge < -0.3 is 9.47 Å². The van der Waals surface area contributed by atoms with Gasteiger partial charge in [-0.25, -0.2) is 4.98 Å². The number of carbonyl (C=O) groups excluding carboxylic acids is 1. The quantitative estimate of drug-likeness (QED) is 0.602. The number of ether oxygens (including phenoxy) is 2. The molecule has 0 bridgehead atoms. The Morgan fingerprint density at radius 3 is 2.50 bits per heavy atom. The van der Waals surface area contributed by atoms with Gasteiger partial charge in [0.2, 0.25) is 0 Å². The van der Waals surface area contributed by atoms with Crippen molar-refractivity contribution in [3.05, 3.63) is 58.9 Å². The van der Waals surface area contributed by atoms with Crippen LogP contribution in [0.25, 0.3) is 0 Å². The maximum Gasteiger partial charge on any atom is 0.313 e. The summed E-state index contributed by atoms with van der Waals surface area (Å²) in [6, 6.07) is 11.0. The van der Waals surface area contributed by atoms with Gasteiger partial charge in [-0.05, 0) is 42.7 Å². The average Bonchev–Trinajstić information content (AvgIpc) is 2.54. The SMILES string of the molecule is CCOC(=O)C(Cc1ccc(Cl)nc1)c1ccc(OC)cc1. The van der Waals surface area contributed by atoms with Crippen LogP contribution in [0.15, 0.2) is 42.6 Å². The lowest BCUT2D eigenvalue weighted by Gasteiger charge is -2.16. The zero-order valence-electron chi connectivity index (χ0n) is 12.6. The molecular formula is C17H18ClNO3. The van der Waals surface area contributed by atoms with Crippen LogP contribution in [0.4, 0.5) is 0 Å². The van der Waals surface area contributed by atoms with E-state index in [1.54, 1.807) is 26.3 Å². The maximum atomic E-state index is 12.3. The van der Waals surface area contributed by atoms with E-state index in [2.05, 4.69) is 4.98 Å². The summed E-state index contributed by atoms with van der Waals surface area (Å²) in [4.78, 5) is 16.3. The Balaban J connectivity index is 2.24. The highest BCUT2D eigenvalue weighted by Crippen LogP contribution is 2.25. The second-order valence-electron chi connectivity index (χ2n) is 4.77. The van der Waals surface area contributed by atoms with Gasteiger partial charge in [-0.1, -0.05) is 29.8 Å². The smallest absolute Gasteiger partial charge is 0.313 e. The van der Waals surface area contributed by atoms with Crippen LogP contribution in [0.3, 0.4) is 0 Å². The molecule has 22 heavy (non-hydrogen) atoms. The Morgan fingerprint density at radius 2 is 1.95 bits per heavy atom. The molecule has 1 aromatic carbocycles. The molecule has 4 nitrogen and oxygen atoms in total. The van der Waals surface area contributed by atoms with Gasteiger partial charge in [0.05, 0.1) is 19.6 Å². The van der Waals surface area contributed by atoms with Gasteiger partial charge >= 0.3 is 5.97 Å². The van der Waals surface area contributed by atoms with Crippen molar-refractivity contribution in [2.24, 2.45) is 0 Å². The molecule has 0 saturated heterocycles. The molecule has 2 aromatic rings. The van der Waals surface area contributed by atoms with E-state index in [1.807, 2.05) is 30.3 Å². The van der Waals surface area contributed by atoms with E-state index in [0.29, 0.717) is 18.2 Å². The summed E-state index contributed by atoms with van der Waals surface area (Å²) < 4.78 is 10.3. The lowest BCUT2D eigenvalue weighted by Crippen LogP contribution is -2.18. The number of methoxy groups -OCH3 is 1. The van der Waals surface area contributed by atoms with Crippen LogP contribution in [0.1, 0.15) is 24.0 Å². The molecule has 0 fully saturated rings. The van der Waals surface area contributed by atoms with E-state index in [0.717, 1.165) is 16.9 Å². The normalized spacial score (nSPS) is 11.8. The number of carbonyl (C=O) groups is 1. The molecule has 1 unspecified atom stereocenters. The third-order valence-electron chi connectivity index (χ3n) is 3.32. The molecular weight excluding hydrogens is 302 g/mol. The van der Waals surface area contributed by atoms with Gasteiger partial charge in [0.15, 0.2) is 0 Å². The van der Waals surface area contributed by atoms with Crippen molar-refractivity contribution in [3.63, 3.8) is 0 Å². The first-order chi connectivity index (χ1) is 10.6. The number of benzene rings is 1. The lowest BCUT2D eigenvalue weighted by atomic mass is 9.92. The minimum absolute atomic E-state index is 0.248. The number of hydrogen-bond donors (Lipinski definition) is 0. The van der Waals surface area contributed by atoms with E-state index in [-0.39, 0.29) is 11.9 Å². The molecule has 5 heteroatoms. The Morgan fingerprint density at radius 1 is 1.23 bits per heavy atom. The molecule has 1 atom stereocenters. The number of pyridine rings is 1. The highest BCUT2D eigenvalue weighted by atomic mass is 35.5. The van der Waals surface area contributed by atoms with Crippen LogP contribution in [0.5, 0.6) is 5.75 Å². The van der Waals surface area contributed by atoms with E-state index < -0.39 is 0 Å². The van der Waals surface area contributed by atoms with Crippen LogP contribution in [0.2, 0.25) is 5.15 Å². The van der Waals surface area contributed by atoms with E-state index in [4.69, 9.17) is 21.1 Å². The highest BCUT2D eigenvalue weighted by molar-refractivity contribution is 6.29. The zero-order valence-corrected chi connectivity index (χ0v) is 13.3. The minimum Gasteiger partial charge on any atom is -0.497 e. The van der Waals surface area contributed by atoms with Gasteiger partial charge in [0, 0.05) is 6.20 Å². The van der Waals surface area contributed by atoms with Crippen molar-refractivity contribution in [3.8, 4) is 5.75 Å². The molecule has 0 saturated carbocycles. The first-order valence-corrected chi connectivity index (χ1v) is 7.43. The van der Waals surface area contributed by atoms with Crippen LogP contribution >= 0.6 is 11.6 Å². The van der Waals surface area contributed by atoms with Crippen LogP contribution < -0.4 is 4.74 Å². The zero-order chi connectivity index (χ0) is 15.9. The van der Waals surface area contributed by atoms with Crippen LogP contribution in [-0.2, 0) is 16.0 Å². The van der Waals surface area contributed by atoms with E-state index >= 15 is 0 Å². The highest BCUT2D eigenvalue weighted by Gasteiger charge is 2.22. The molecule has 0 aliphatic rings. The van der Waals surface area contributed by atoms with Crippen molar-refractivity contribution < 1.29 is 14.3 Å². The molecule has 2 rings (SSSR count). The molecule has 1 aromatic heterocycles. The van der Waals surface area contributed by atoms with Crippen LogP contribution in [-0.4, -0.2) is 24.7 Å². The molecule has 0 radical (unpaired) electrons. The van der Waals surface area contributed by atoms with Crippen molar-refractivity contribution >= 4 is 17.6 Å². The summed E-state index contributed by atoms with van der Waals surface area (Å²) in [7, 11) is 1.61. The molecule has 0 N–H and O–H groups in total. The molecule has 0 aliphatic carbocycles. The predicted octanol–water partition coefficient (Wildman–Crippen LogP) is 3.63. The molecule has 1 heterocycles. The van der Waals surface area contributed by atoms with Gasteiger partial charge in [-0.3, -0.25) is 4.79 Å². The Hall–Kier alpha value is -2.07. The van der Waals surface area contributed by atoms with Gasteiger partial charge in [-0.15, -0.1) is 0 Å². The first-order valence-electron chi connectivity index (χ1n) is 7.05. The van der Waals surface area contributed by atoms with Gasteiger partial charge in [-0.2, -0.15) is 0 Å². The van der Waals surface area contributed by atoms with Crippen LogP contribution in [0, 0.1) is 0 Å². The summed E-state index contributed by atoms with van der Waals surface area (Å²) in [6.07, 6.45) is 2.19. The number of aromatic nitrogens is 1. The largest absolute Gasteiger partial charge is 0.497 e. The van der Waals surface area contributed by atoms with Crippen molar-refractivity contribution in [1.29, 1.82) is 0 Å². The predicted molar refractivity (Wildman–Crippen MR) is 85.3 cm³/mol. The number of halogens is 1. The molecule has 0 spiro atoms. The standard InChI is InChI=1S/C17H18ClNO3/c1-3-22-17(20)15(10-12-4-9-16(18)19-11-12)13-5-7-14(21-2)8-6-13/h4-9,11,15H,3,10H2,1-2H3. The Bertz CT molecular complexity index is 611. The van der Waals surface area contributed by atoms with E-state index in [1.165, 1.54) is 0 Å². The van der Waals surface area contributed by atoms with Gasteiger partial charge in [0.1, 0.15) is 10.9 Å². The average molecular weight is 320 g/mol. The summed E-state index contributed by atoms with van der Waals surface area (Å²) in [5.41, 5.74) is 1.81. The monoisotopic (exact) mass is 319 g/mol. The first kappa shape index (κ1) is 16.3. The van der Waals surface area contributed by atoms with Crippen molar-refractivity contribution in [1.82, 2.24) is 4.98 Å². The third-order valence-corrected chi connectivity index (χ3v) is 3.54. The summed E-state index contributed by atoms with van der Waals surface area (Å²) >= 11 is 5.79. The summed E-state index contributed by atoms with van der Waals surface area (Å²) in [5.74, 6) is 0.121. The Kier molecular flexibility index (Phi) is 5.78. The second-order valence-corrected chi connectivity index (χ2v) is 5.16. The second kappa shape index (κ2) is 7.80. The number of rotatable bonds is 6. The molecule has 0 amide bonds. The molecule has 116 valence electrons. The van der Waals surface area contributed by atoms with Crippen molar-refractivity contribution in [2.75, 3.05) is 13.7 Å². The lowest BCUT2D eigenvalue weighted by molar-refractivity contribution is -0.144. The number of nitrogens with zero attached hydrogens (tertiary/aromatic N) is 1. The third kappa shape index (κ3) is 4.21. The van der Waals surface area contributed by atoms with E-state index in [9.17, 15) is 4.79 Å². The topological polar surface area (TPSA) is 48.4 Å². The number of hydrogen-bond acceptors (Lipinski definition) is 4. The maximum absolute atomic E-state index is 12.3. The summed E-state index contributed by atoms with van der Waals surface area (Å²) in [6.45, 7) is 2.15. The van der Waals surface area contributed by atoms with Gasteiger partial charge in [0.25, 0.3) is 0 Å². The fourth-order valence-electron chi connectivity index (χ4n) is 2.18. The number of esters is 1. The Labute approximate surface area is 135 Å². The fraction of sp³-hybridized carbons (Fsp3) is 0.294. The minimum atomic E-state index is -0.381. The fourth-order valence-corrected chi connectivity index (χ4v) is 2.29. The summed E-state index contributed by atoms with van der Waals surface area (Å²) in [5, 5.41) is 0.431.